The molecule has 0 radical (unpaired) electrons. The molecule has 3 rings (SSSR count). The van der Waals surface area contributed by atoms with E-state index < -0.39 is 0 Å². The Morgan fingerprint density at radius 1 is 1.07 bits per heavy atom. The quantitative estimate of drug-likeness (QED) is 0.579. The van der Waals surface area contributed by atoms with E-state index in [4.69, 9.17) is 16.3 Å². The van der Waals surface area contributed by atoms with Gasteiger partial charge in [0, 0.05) is 12.6 Å². The van der Waals surface area contributed by atoms with E-state index in [9.17, 15) is 4.79 Å². The van der Waals surface area contributed by atoms with E-state index in [1.807, 2.05) is 64.1 Å². The second-order valence-electron chi connectivity index (χ2n) is 7.34. The van der Waals surface area contributed by atoms with E-state index in [1.54, 1.807) is 16.6 Å². The molecule has 0 atom stereocenters. The van der Waals surface area contributed by atoms with Crippen molar-refractivity contribution in [2.24, 2.45) is 0 Å². The summed E-state index contributed by atoms with van der Waals surface area (Å²) >= 11 is 6.23. The molecule has 6 heteroatoms. The topological polar surface area (TPSA) is 47.4 Å². The Hall–Kier alpha value is -2.79. The van der Waals surface area contributed by atoms with Gasteiger partial charge in [-0.25, -0.2) is 4.68 Å². The van der Waals surface area contributed by atoms with Crippen molar-refractivity contribution in [3.05, 3.63) is 75.6 Å². The fourth-order valence-electron chi connectivity index (χ4n) is 3.26. The van der Waals surface area contributed by atoms with Crippen molar-refractivity contribution in [1.29, 1.82) is 0 Å². The summed E-state index contributed by atoms with van der Waals surface area (Å²) in [5.74, 6) is 0.781. The number of benzene rings is 2. The Kier molecular flexibility index (Phi) is 6.28. The number of halogens is 1. The predicted molar refractivity (Wildman–Crippen MR) is 116 cm³/mol. The van der Waals surface area contributed by atoms with Crippen LogP contribution in [0, 0.1) is 27.7 Å². The van der Waals surface area contributed by atoms with E-state index in [-0.39, 0.29) is 5.91 Å². The van der Waals surface area contributed by atoms with Crippen molar-refractivity contribution in [1.82, 2.24) is 14.7 Å². The van der Waals surface area contributed by atoms with Crippen molar-refractivity contribution in [2.45, 2.75) is 27.7 Å². The van der Waals surface area contributed by atoms with Gasteiger partial charge in [-0.15, -0.1) is 0 Å². The fourth-order valence-corrected chi connectivity index (χ4v) is 3.38. The molecule has 1 amide bonds. The largest absolute Gasteiger partial charge is 0.492 e. The van der Waals surface area contributed by atoms with Crippen LogP contribution in [-0.4, -0.2) is 40.8 Å². The number of nitrogens with zero attached hydrogens (tertiary/aromatic N) is 3. The van der Waals surface area contributed by atoms with Crippen LogP contribution in [0.3, 0.4) is 0 Å². The highest BCUT2D eigenvalue weighted by atomic mass is 35.5. The summed E-state index contributed by atoms with van der Waals surface area (Å²) in [7, 11) is 1.78. The molecule has 152 valence electrons. The predicted octanol–water partition coefficient (Wildman–Crippen LogP) is 4.91. The monoisotopic (exact) mass is 411 g/mol. The average molecular weight is 412 g/mol. The number of ether oxygens (including phenoxy) is 1. The number of likely N-dealkylation sites (N-methyl/N-ethyl adjacent to an activating group) is 1. The van der Waals surface area contributed by atoms with Crippen LogP contribution in [0.2, 0.25) is 5.02 Å². The first kappa shape index (κ1) is 20.9. The maximum absolute atomic E-state index is 12.7. The van der Waals surface area contributed by atoms with Gasteiger partial charge in [0.2, 0.25) is 0 Å². The number of hydrogen-bond donors (Lipinski definition) is 0. The molecule has 5 nitrogen and oxygen atoms in total. The summed E-state index contributed by atoms with van der Waals surface area (Å²) in [5.41, 5.74) is 5.48. The van der Waals surface area contributed by atoms with Crippen LogP contribution in [0.1, 0.15) is 32.9 Å². The number of aromatic nitrogens is 2. The third-order valence-corrected chi connectivity index (χ3v) is 5.35. The zero-order valence-electron chi connectivity index (χ0n) is 17.5. The minimum absolute atomic E-state index is 0.0491. The number of rotatable bonds is 6. The molecule has 1 aromatic heterocycles. The minimum Gasteiger partial charge on any atom is -0.492 e. The van der Waals surface area contributed by atoms with Crippen LogP contribution >= 0.6 is 11.6 Å². The fraction of sp³-hybridized carbons (Fsp3) is 0.304. The Bertz CT molecular complexity index is 1010. The summed E-state index contributed by atoms with van der Waals surface area (Å²) in [4.78, 5) is 14.4. The van der Waals surface area contributed by atoms with Gasteiger partial charge >= 0.3 is 0 Å². The third kappa shape index (κ3) is 4.80. The van der Waals surface area contributed by atoms with Crippen LogP contribution in [0.25, 0.3) is 5.69 Å². The molecule has 0 aliphatic rings. The summed E-state index contributed by atoms with van der Waals surface area (Å²) < 4.78 is 7.60. The van der Waals surface area contributed by atoms with Crippen LogP contribution in [0.15, 0.2) is 42.5 Å². The SMILES string of the molecule is Cc1cc(C)cc(OCCN(C)C(=O)c2ccc(-n3nc(C)c(Cl)c3C)cc2)c1. The van der Waals surface area contributed by atoms with Gasteiger partial charge in [-0.3, -0.25) is 4.79 Å². The number of hydrogen-bond acceptors (Lipinski definition) is 3. The second-order valence-corrected chi connectivity index (χ2v) is 7.72. The third-order valence-electron chi connectivity index (χ3n) is 4.80. The molecular weight excluding hydrogens is 386 g/mol. The highest BCUT2D eigenvalue weighted by molar-refractivity contribution is 6.31. The van der Waals surface area contributed by atoms with Crippen LogP contribution in [-0.2, 0) is 0 Å². The van der Waals surface area contributed by atoms with Gasteiger partial charge in [0.05, 0.1) is 28.6 Å². The smallest absolute Gasteiger partial charge is 0.253 e. The molecule has 0 saturated carbocycles. The first-order chi connectivity index (χ1) is 13.8. The van der Waals surface area contributed by atoms with Crippen LogP contribution in [0.5, 0.6) is 5.75 Å². The van der Waals surface area contributed by atoms with Gasteiger partial charge < -0.3 is 9.64 Å². The highest BCUT2D eigenvalue weighted by Gasteiger charge is 2.14. The molecule has 0 aliphatic carbocycles. The standard InChI is InChI=1S/C23H26ClN3O2/c1-15-12-16(2)14-21(13-15)29-11-10-26(5)23(28)19-6-8-20(9-7-19)27-18(4)22(24)17(3)25-27/h6-9,12-14H,10-11H2,1-5H3. The zero-order chi connectivity index (χ0) is 21.1. The summed E-state index contributed by atoms with van der Waals surface area (Å²) in [5, 5.41) is 5.10. The molecule has 0 bridgehead atoms. The van der Waals surface area contributed by atoms with Crippen LogP contribution in [0.4, 0.5) is 0 Å². The Labute approximate surface area is 176 Å². The molecule has 0 aliphatic heterocycles. The molecule has 0 spiro atoms. The molecule has 2 aromatic carbocycles. The van der Waals surface area contributed by atoms with Crippen molar-refractivity contribution < 1.29 is 9.53 Å². The van der Waals surface area contributed by atoms with E-state index in [1.165, 1.54) is 0 Å². The van der Waals surface area contributed by atoms with Gasteiger partial charge in [0.1, 0.15) is 12.4 Å². The van der Waals surface area contributed by atoms with Gasteiger partial charge in [-0.2, -0.15) is 5.10 Å². The first-order valence-corrected chi connectivity index (χ1v) is 9.93. The van der Waals surface area contributed by atoms with E-state index in [0.717, 1.165) is 34.0 Å². The van der Waals surface area contributed by atoms with Crippen LogP contribution < -0.4 is 4.74 Å². The van der Waals surface area contributed by atoms with E-state index in [2.05, 4.69) is 11.2 Å². The number of amides is 1. The number of carbonyl (C=O) groups is 1. The van der Waals surface area contributed by atoms with Gasteiger partial charge in [-0.05, 0) is 75.2 Å². The molecule has 0 saturated heterocycles. The lowest BCUT2D eigenvalue weighted by Gasteiger charge is -2.18. The normalized spacial score (nSPS) is 10.8. The molecule has 0 fully saturated rings. The molecule has 0 unspecified atom stereocenters. The lowest BCUT2D eigenvalue weighted by Crippen LogP contribution is -2.30. The molecule has 3 aromatic rings. The Morgan fingerprint density at radius 2 is 1.69 bits per heavy atom. The van der Waals surface area contributed by atoms with Crippen molar-refractivity contribution in [2.75, 3.05) is 20.2 Å². The number of carbonyl (C=O) groups excluding carboxylic acids is 1. The minimum atomic E-state index is -0.0491. The number of aryl methyl sites for hydroxylation is 3. The summed E-state index contributed by atoms with van der Waals surface area (Å²) in [6, 6.07) is 13.5. The molecule has 29 heavy (non-hydrogen) atoms. The average Bonchev–Trinajstić information content (AvgIpc) is 2.94. The maximum atomic E-state index is 12.7. The van der Waals surface area contributed by atoms with Crippen molar-refractivity contribution >= 4 is 17.5 Å². The molecular formula is C23H26ClN3O2. The second kappa shape index (κ2) is 8.70. The summed E-state index contributed by atoms with van der Waals surface area (Å²) in [6.45, 7) is 8.82. The van der Waals surface area contributed by atoms with Gasteiger partial charge in [0.15, 0.2) is 0 Å². The van der Waals surface area contributed by atoms with Crippen molar-refractivity contribution in [3.8, 4) is 11.4 Å². The van der Waals surface area contributed by atoms with E-state index >= 15 is 0 Å². The molecule has 1 heterocycles. The lowest BCUT2D eigenvalue weighted by molar-refractivity contribution is 0.0773. The van der Waals surface area contributed by atoms with Crippen molar-refractivity contribution in [3.63, 3.8) is 0 Å². The Balaban J connectivity index is 1.61. The zero-order valence-corrected chi connectivity index (χ0v) is 18.2. The maximum Gasteiger partial charge on any atom is 0.253 e. The lowest BCUT2D eigenvalue weighted by atomic mass is 10.1. The van der Waals surface area contributed by atoms with E-state index in [0.29, 0.717) is 23.7 Å². The highest BCUT2D eigenvalue weighted by Crippen LogP contribution is 2.22. The first-order valence-electron chi connectivity index (χ1n) is 9.55. The summed E-state index contributed by atoms with van der Waals surface area (Å²) in [6.07, 6.45) is 0. The van der Waals surface area contributed by atoms with Gasteiger partial charge in [-0.1, -0.05) is 17.7 Å². The Morgan fingerprint density at radius 3 is 2.24 bits per heavy atom. The van der Waals surface area contributed by atoms with Gasteiger partial charge in [0.25, 0.3) is 5.91 Å². The molecule has 0 N–H and O–H groups in total.